The average molecular weight is 342 g/mol. The van der Waals surface area contributed by atoms with Crippen LogP contribution in [0.4, 0.5) is 5.00 Å². The molecule has 0 aliphatic rings. The summed E-state index contributed by atoms with van der Waals surface area (Å²) in [5.41, 5.74) is 2.85. The molecular formula is C19H16ClNOS. The highest BCUT2D eigenvalue weighted by molar-refractivity contribution is 7.18. The van der Waals surface area contributed by atoms with Crippen molar-refractivity contribution in [3.05, 3.63) is 76.1 Å². The Labute approximate surface area is 145 Å². The monoisotopic (exact) mass is 341 g/mol. The molecule has 3 aromatic rings. The molecule has 0 bridgehead atoms. The quantitative estimate of drug-likeness (QED) is 0.595. The summed E-state index contributed by atoms with van der Waals surface area (Å²) in [6.45, 7) is 0. The van der Waals surface area contributed by atoms with E-state index in [1.165, 1.54) is 11.3 Å². The highest BCUT2D eigenvalue weighted by atomic mass is 35.5. The van der Waals surface area contributed by atoms with E-state index in [9.17, 15) is 4.79 Å². The number of rotatable bonds is 4. The lowest BCUT2D eigenvalue weighted by Crippen LogP contribution is -2.07. The van der Waals surface area contributed by atoms with Gasteiger partial charge in [-0.05, 0) is 35.9 Å². The van der Waals surface area contributed by atoms with Crippen molar-refractivity contribution in [1.82, 2.24) is 0 Å². The van der Waals surface area contributed by atoms with Gasteiger partial charge in [0.15, 0.2) is 0 Å². The summed E-state index contributed by atoms with van der Waals surface area (Å²) in [4.78, 5) is 15.5. The second kappa shape index (κ2) is 6.57. The van der Waals surface area contributed by atoms with Crippen molar-refractivity contribution >= 4 is 33.7 Å². The first-order chi connectivity index (χ1) is 11.1. The summed E-state index contributed by atoms with van der Waals surface area (Å²) < 4.78 is 0. The summed E-state index contributed by atoms with van der Waals surface area (Å²) in [6.07, 6.45) is 0. The van der Waals surface area contributed by atoms with Gasteiger partial charge in [-0.3, -0.25) is 4.79 Å². The SMILES string of the molecule is CN(C)c1sc(C(=O)c2ccc(Cl)cc2)cc1-c1ccccc1. The van der Waals surface area contributed by atoms with Gasteiger partial charge < -0.3 is 4.90 Å². The lowest BCUT2D eigenvalue weighted by molar-refractivity contribution is 0.104. The summed E-state index contributed by atoms with van der Waals surface area (Å²) in [5, 5.41) is 1.71. The Morgan fingerprint density at radius 3 is 2.26 bits per heavy atom. The van der Waals surface area contributed by atoms with Crippen LogP contribution in [0.15, 0.2) is 60.7 Å². The molecular weight excluding hydrogens is 326 g/mol. The van der Waals surface area contributed by atoms with Gasteiger partial charge in [0.05, 0.1) is 9.88 Å². The fraction of sp³-hybridized carbons (Fsp3) is 0.105. The molecule has 0 radical (unpaired) electrons. The van der Waals surface area contributed by atoms with Gasteiger partial charge in [-0.15, -0.1) is 11.3 Å². The molecule has 2 nitrogen and oxygen atoms in total. The molecule has 0 saturated heterocycles. The van der Waals surface area contributed by atoms with E-state index in [-0.39, 0.29) is 5.78 Å². The third-order valence-corrected chi connectivity index (χ3v) is 5.09. The Morgan fingerprint density at radius 2 is 1.65 bits per heavy atom. The number of carbonyl (C=O) groups excluding carboxylic acids is 1. The normalized spacial score (nSPS) is 10.6. The summed E-state index contributed by atoms with van der Waals surface area (Å²) in [7, 11) is 3.99. The Balaban J connectivity index is 2.04. The van der Waals surface area contributed by atoms with Gasteiger partial charge in [0.2, 0.25) is 5.78 Å². The van der Waals surface area contributed by atoms with Crippen molar-refractivity contribution < 1.29 is 4.79 Å². The van der Waals surface area contributed by atoms with Crippen LogP contribution >= 0.6 is 22.9 Å². The second-order valence-electron chi connectivity index (χ2n) is 5.43. The Bertz CT molecular complexity index is 822. The van der Waals surface area contributed by atoms with Gasteiger partial charge in [-0.2, -0.15) is 0 Å². The molecule has 4 heteroatoms. The minimum atomic E-state index is 0.0250. The summed E-state index contributed by atoms with van der Waals surface area (Å²) >= 11 is 7.41. The van der Waals surface area contributed by atoms with Gasteiger partial charge >= 0.3 is 0 Å². The highest BCUT2D eigenvalue weighted by Crippen LogP contribution is 2.38. The van der Waals surface area contributed by atoms with E-state index >= 15 is 0 Å². The molecule has 1 aromatic heterocycles. The smallest absolute Gasteiger partial charge is 0.203 e. The van der Waals surface area contributed by atoms with Crippen molar-refractivity contribution in [3.8, 4) is 11.1 Å². The van der Waals surface area contributed by atoms with Crippen molar-refractivity contribution in [3.63, 3.8) is 0 Å². The fourth-order valence-electron chi connectivity index (χ4n) is 2.39. The van der Waals surface area contributed by atoms with Crippen LogP contribution in [-0.4, -0.2) is 19.9 Å². The maximum absolute atomic E-state index is 12.7. The molecule has 0 unspecified atom stereocenters. The van der Waals surface area contributed by atoms with Crippen LogP contribution in [0.5, 0.6) is 0 Å². The van der Waals surface area contributed by atoms with Crippen molar-refractivity contribution in [2.24, 2.45) is 0 Å². The van der Waals surface area contributed by atoms with Crippen LogP contribution in [0.2, 0.25) is 5.02 Å². The number of nitrogens with zero attached hydrogens (tertiary/aromatic N) is 1. The van der Waals surface area contributed by atoms with E-state index < -0.39 is 0 Å². The second-order valence-corrected chi connectivity index (χ2v) is 6.89. The minimum absolute atomic E-state index is 0.0250. The van der Waals surface area contributed by atoms with Crippen molar-refractivity contribution in [2.45, 2.75) is 0 Å². The zero-order chi connectivity index (χ0) is 16.4. The van der Waals surface area contributed by atoms with Crippen LogP contribution in [0.25, 0.3) is 11.1 Å². The number of hydrogen-bond acceptors (Lipinski definition) is 3. The standard InChI is InChI=1S/C19H16ClNOS/c1-21(2)19-16(13-6-4-3-5-7-13)12-17(23-19)18(22)14-8-10-15(20)11-9-14/h3-12H,1-2H3. The molecule has 2 aromatic carbocycles. The van der Waals surface area contributed by atoms with E-state index in [1.54, 1.807) is 24.3 Å². The molecule has 0 aliphatic carbocycles. The molecule has 0 saturated carbocycles. The Morgan fingerprint density at radius 1 is 1.00 bits per heavy atom. The van der Waals surface area contributed by atoms with Crippen molar-refractivity contribution in [2.75, 3.05) is 19.0 Å². The molecule has 0 fully saturated rings. The highest BCUT2D eigenvalue weighted by Gasteiger charge is 2.18. The largest absolute Gasteiger partial charge is 0.369 e. The number of carbonyl (C=O) groups is 1. The third-order valence-electron chi connectivity index (χ3n) is 3.53. The molecule has 0 aliphatic heterocycles. The van der Waals surface area contributed by atoms with Crippen LogP contribution in [0.3, 0.4) is 0 Å². The van der Waals surface area contributed by atoms with E-state index in [4.69, 9.17) is 11.6 Å². The fourth-order valence-corrected chi connectivity index (χ4v) is 3.58. The summed E-state index contributed by atoms with van der Waals surface area (Å²) in [6, 6.07) is 19.1. The van der Waals surface area contributed by atoms with Gasteiger partial charge in [0.1, 0.15) is 0 Å². The lowest BCUT2D eigenvalue weighted by atomic mass is 10.1. The molecule has 0 spiro atoms. The van der Waals surface area contributed by atoms with Crippen LogP contribution in [0.1, 0.15) is 15.2 Å². The molecule has 3 rings (SSSR count). The van der Waals surface area contributed by atoms with Gasteiger partial charge in [0.25, 0.3) is 0 Å². The van der Waals surface area contributed by atoms with Crippen LogP contribution in [0, 0.1) is 0 Å². The topological polar surface area (TPSA) is 20.3 Å². The zero-order valence-electron chi connectivity index (χ0n) is 12.9. The number of thiophene rings is 1. The number of hydrogen-bond donors (Lipinski definition) is 0. The predicted octanol–water partition coefficient (Wildman–Crippen LogP) is 5.37. The van der Waals surface area contributed by atoms with E-state index in [1.807, 2.05) is 43.3 Å². The first-order valence-corrected chi connectivity index (χ1v) is 8.42. The number of benzene rings is 2. The number of ketones is 1. The predicted molar refractivity (Wildman–Crippen MR) is 99.0 cm³/mol. The number of halogens is 1. The van der Waals surface area contributed by atoms with Gasteiger partial charge in [0, 0.05) is 30.2 Å². The Kier molecular flexibility index (Phi) is 4.51. The summed E-state index contributed by atoms with van der Waals surface area (Å²) in [5.74, 6) is 0.0250. The molecule has 0 N–H and O–H groups in total. The Hall–Kier alpha value is -2.10. The van der Waals surface area contributed by atoms with Gasteiger partial charge in [-0.1, -0.05) is 41.9 Å². The number of anilines is 1. The van der Waals surface area contributed by atoms with E-state index in [2.05, 4.69) is 12.1 Å². The average Bonchev–Trinajstić information content (AvgIpc) is 3.01. The maximum Gasteiger partial charge on any atom is 0.203 e. The van der Waals surface area contributed by atoms with Crippen LogP contribution in [-0.2, 0) is 0 Å². The molecule has 1 heterocycles. The molecule has 0 amide bonds. The lowest BCUT2D eigenvalue weighted by Gasteiger charge is -2.12. The van der Waals surface area contributed by atoms with E-state index in [0.29, 0.717) is 10.6 Å². The van der Waals surface area contributed by atoms with Crippen molar-refractivity contribution in [1.29, 1.82) is 0 Å². The van der Waals surface area contributed by atoms with Crippen LogP contribution < -0.4 is 4.90 Å². The molecule has 0 atom stereocenters. The zero-order valence-corrected chi connectivity index (χ0v) is 14.5. The van der Waals surface area contributed by atoms with Gasteiger partial charge in [-0.25, -0.2) is 0 Å². The van der Waals surface area contributed by atoms with E-state index in [0.717, 1.165) is 21.0 Å². The minimum Gasteiger partial charge on any atom is -0.369 e. The first kappa shape index (κ1) is 15.8. The third kappa shape index (κ3) is 3.31. The molecule has 116 valence electrons. The first-order valence-electron chi connectivity index (χ1n) is 7.23. The molecule has 23 heavy (non-hydrogen) atoms. The maximum atomic E-state index is 12.7.